The second-order valence-electron chi connectivity index (χ2n) is 5.62. The molecule has 2 aromatic heterocycles. The van der Waals surface area contributed by atoms with Gasteiger partial charge in [0.15, 0.2) is 5.82 Å². The largest absolute Gasteiger partial charge is 0.424 e. The van der Waals surface area contributed by atoms with E-state index in [2.05, 4.69) is 25.7 Å². The Hall–Kier alpha value is -3.95. The average Bonchev–Trinajstić information content (AvgIpc) is 3.27. The van der Waals surface area contributed by atoms with Crippen LogP contribution in [0.15, 0.2) is 46.9 Å². The van der Waals surface area contributed by atoms with Crippen LogP contribution in [0.2, 0.25) is 0 Å². The number of rotatable bonds is 4. The summed E-state index contributed by atoms with van der Waals surface area (Å²) in [5, 5.41) is 17.4. The van der Waals surface area contributed by atoms with Crippen LogP contribution in [-0.4, -0.2) is 26.5 Å². The Morgan fingerprint density at radius 3 is 3.00 bits per heavy atom. The Kier molecular flexibility index (Phi) is 4.13. The van der Waals surface area contributed by atoms with Gasteiger partial charge in [0.25, 0.3) is 5.89 Å². The van der Waals surface area contributed by atoms with Crippen LogP contribution in [0.1, 0.15) is 5.56 Å². The standard InChI is InChI=1S/C17H13FN6O3/c18-11-3-1-2-9(6-11)8-20-16(25)27-17-24-23-15(26-17)10-4-5-13-12(7-10)14(19)22-21-13/h1-7H,8H2,(H,20,25)(H3,19,21,22). The lowest BCUT2D eigenvalue weighted by molar-refractivity contribution is 0.184. The van der Waals surface area contributed by atoms with Crippen molar-refractivity contribution < 1.29 is 18.3 Å². The second-order valence-corrected chi connectivity index (χ2v) is 5.62. The SMILES string of the molecule is Nc1n[nH]c2ccc(-c3nnc(OC(=O)NCc4cccc(F)c4)o3)cc12. The lowest BCUT2D eigenvalue weighted by atomic mass is 10.1. The normalized spacial score (nSPS) is 10.9. The van der Waals surface area contributed by atoms with Crippen LogP contribution >= 0.6 is 0 Å². The van der Waals surface area contributed by atoms with Gasteiger partial charge >= 0.3 is 12.2 Å². The van der Waals surface area contributed by atoms with Gasteiger partial charge in [-0.05, 0) is 35.9 Å². The molecule has 0 unspecified atom stereocenters. The number of nitrogens with one attached hydrogen (secondary N) is 2. The molecule has 0 radical (unpaired) electrons. The molecule has 2 heterocycles. The summed E-state index contributed by atoms with van der Waals surface area (Å²) in [6, 6.07) is 11.1. The molecule has 0 saturated carbocycles. The minimum atomic E-state index is -0.802. The third kappa shape index (κ3) is 3.54. The fraction of sp³-hybridized carbons (Fsp3) is 0.0588. The van der Waals surface area contributed by atoms with Crippen LogP contribution in [0.3, 0.4) is 0 Å². The van der Waals surface area contributed by atoms with Crippen LogP contribution in [0, 0.1) is 5.82 Å². The summed E-state index contributed by atoms with van der Waals surface area (Å²) >= 11 is 0. The monoisotopic (exact) mass is 368 g/mol. The first kappa shape index (κ1) is 16.5. The summed E-state index contributed by atoms with van der Waals surface area (Å²) in [6.45, 7) is 0.0913. The molecule has 0 aliphatic carbocycles. The molecular formula is C17H13FN6O3. The van der Waals surface area contributed by atoms with E-state index in [1.54, 1.807) is 30.3 Å². The Labute approximate surface area is 151 Å². The predicted octanol–water partition coefficient (Wildman–Crippen LogP) is 2.62. The molecule has 10 heteroatoms. The van der Waals surface area contributed by atoms with Crippen molar-refractivity contribution in [2.24, 2.45) is 0 Å². The number of hydrogen-bond donors (Lipinski definition) is 3. The van der Waals surface area contributed by atoms with Gasteiger partial charge in [-0.2, -0.15) is 5.10 Å². The highest BCUT2D eigenvalue weighted by Crippen LogP contribution is 2.26. The van der Waals surface area contributed by atoms with Gasteiger partial charge in [0, 0.05) is 17.5 Å². The van der Waals surface area contributed by atoms with Crippen molar-refractivity contribution in [1.29, 1.82) is 0 Å². The van der Waals surface area contributed by atoms with Crippen molar-refractivity contribution in [3.8, 4) is 17.5 Å². The molecule has 0 atom stereocenters. The van der Waals surface area contributed by atoms with Crippen LogP contribution in [0.25, 0.3) is 22.4 Å². The predicted molar refractivity (Wildman–Crippen MR) is 93.1 cm³/mol. The third-order valence-corrected chi connectivity index (χ3v) is 3.75. The van der Waals surface area contributed by atoms with Gasteiger partial charge in [0.2, 0.25) is 0 Å². The molecule has 136 valence electrons. The number of anilines is 1. The lowest BCUT2D eigenvalue weighted by Crippen LogP contribution is -2.26. The van der Waals surface area contributed by atoms with Crippen molar-refractivity contribution in [2.75, 3.05) is 5.73 Å². The molecular weight excluding hydrogens is 355 g/mol. The number of benzene rings is 2. The number of fused-ring (bicyclic) bond motifs is 1. The number of nitrogens with zero attached hydrogens (tertiary/aromatic N) is 3. The van der Waals surface area contributed by atoms with Gasteiger partial charge in [-0.1, -0.05) is 17.2 Å². The van der Waals surface area contributed by atoms with Crippen molar-refractivity contribution in [3.05, 3.63) is 53.8 Å². The number of nitrogen functional groups attached to an aromatic ring is 1. The summed E-state index contributed by atoms with van der Waals surface area (Å²) in [6.07, 6.45) is -1.12. The van der Waals surface area contributed by atoms with Gasteiger partial charge in [-0.3, -0.25) is 5.10 Å². The topological polar surface area (TPSA) is 132 Å². The molecule has 0 aliphatic heterocycles. The molecule has 4 rings (SSSR count). The Bertz CT molecular complexity index is 1120. The molecule has 0 spiro atoms. The van der Waals surface area contributed by atoms with Crippen LogP contribution in [0.4, 0.5) is 15.0 Å². The number of ether oxygens (including phenoxy) is 1. The fourth-order valence-electron chi connectivity index (χ4n) is 2.47. The van der Waals surface area contributed by atoms with E-state index in [0.717, 1.165) is 5.52 Å². The minimum absolute atomic E-state index is 0.0913. The van der Waals surface area contributed by atoms with E-state index in [4.69, 9.17) is 14.9 Å². The first-order valence-corrected chi connectivity index (χ1v) is 7.86. The van der Waals surface area contributed by atoms with Gasteiger partial charge < -0.3 is 20.2 Å². The number of aromatic amines is 1. The number of nitrogens with two attached hydrogens (primary N) is 1. The molecule has 0 saturated heterocycles. The first-order chi connectivity index (χ1) is 13.1. The fourth-order valence-corrected chi connectivity index (χ4v) is 2.47. The summed E-state index contributed by atoms with van der Waals surface area (Å²) in [5.74, 6) is 0.115. The van der Waals surface area contributed by atoms with Gasteiger partial charge in [0.05, 0.1) is 5.52 Å². The van der Waals surface area contributed by atoms with E-state index in [9.17, 15) is 9.18 Å². The highest BCUT2D eigenvalue weighted by Gasteiger charge is 2.14. The summed E-state index contributed by atoms with van der Waals surface area (Å²) < 4.78 is 23.4. The zero-order valence-electron chi connectivity index (χ0n) is 13.8. The van der Waals surface area contributed by atoms with Crippen LogP contribution in [-0.2, 0) is 6.54 Å². The van der Waals surface area contributed by atoms with Gasteiger partial charge in [0.1, 0.15) is 5.82 Å². The average molecular weight is 368 g/mol. The van der Waals surface area contributed by atoms with Gasteiger partial charge in [-0.15, -0.1) is 5.10 Å². The zero-order valence-corrected chi connectivity index (χ0v) is 13.8. The molecule has 9 nitrogen and oxygen atoms in total. The minimum Gasteiger partial charge on any atom is -0.388 e. The van der Waals surface area contributed by atoms with E-state index in [1.165, 1.54) is 12.1 Å². The van der Waals surface area contributed by atoms with E-state index >= 15 is 0 Å². The Morgan fingerprint density at radius 2 is 2.15 bits per heavy atom. The smallest absolute Gasteiger partial charge is 0.388 e. The number of aromatic nitrogens is 4. The molecule has 0 aliphatic rings. The maximum absolute atomic E-state index is 13.1. The number of halogens is 1. The highest BCUT2D eigenvalue weighted by atomic mass is 19.1. The molecule has 4 N–H and O–H groups in total. The summed E-state index contributed by atoms with van der Waals surface area (Å²) in [7, 11) is 0. The lowest BCUT2D eigenvalue weighted by Gasteiger charge is -2.03. The maximum atomic E-state index is 13.1. The molecule has 0 bridgehead atoms. The number of carbonyl (C=O) groups excluding carboxylic acids is 1. The summed E-state index contributed by atoms with van der Waals surface area (Å²) in [4.78, 5) is 11.8. The maximum Gasteiger partial charge on any atom is 0.424 e. The third-order valence-electron chi connectivity index (χ3n) is 3.75. The van der Waals surface area contributed by atoms with Crippen LogP contribution < -0.4 is 15.8 Å². The second kappa shape index (κ2) is 6.75. The van der Waals surface area contributed by atoms with E-state index in [1.807, 2.05) is 0 Å². The number of H-pyrrole nitrogens is 1. The van der Waals surface area contributed by atoms with Crippen molar-refractivity contribution >= 4 is 22.8 Å². The quantitative estimate of drug-likeness (QED) is 0.504. The zero-order chi connectivity index (χ0) is 18.8. The number of carbonyl (C=O) groups is 1. The molecule has 1 amide bonds. The molecule has 0 fully saturated rings. The number of hydrogen-bond acceptors (Lipinski definition) is 7. The molecule has 4 aromatic rings. The van der Waals surface area contributed by atoms with E-state index < -0.39 is 6.09 Å². The van der Waals surface area contributed by atoms with E-state index in [-0.39, 0.29) is 24.3 Å². The molecule has 2 aromatic carbocycles. The van der Waals surface area contributed by atoms with Crippen molar-refractivity contribution in [2.45, 2.75) is 6.54 Å². The first-order valence-electron chi connectivity index (χ1n) is 7.86. The van der Waals surface area contributed by atoms with E-state index in [0.29, 0.717) is 22.3 Å². The highest BCUT2D eigenvalue weighted by molar-refractivity contribution is 5.91. The van der Waals surface area contributed by atoms with Crippen molar-refractivity contribution in [1.82, 2.24) is 25.7 Å². The molecule has 27 heavy (non-hydrogen) atoms. The Balaban J connectivity index is 1.42. The van der Waals surface area contributed by atoms with Crippen molar-refractivity contribution in [3.63, 3.8) is 0 Å². The van der Waals surface area contributed by atoms with Crippen LogP contribution in [0.5, 0.6) is 6.08 Å². The summed E-state index contributed by atoms with van der Waals surface area (Å²) in [5.41, 5.74) is 7.73. The Morgan fingerprint density at radius 1 is 1.26 bits per heavy atom. The number of amides is 1. The van der Waals surface area contributed by atoms with Gasteiger partial charge in [-0.25, -0.2) is 9.18 Å².